The molecule has 6 rings (SSSR count). The van der Waals surface area contributed by atoms with Crippen LogP contribution in [0.3, 0.4) is 0 Å². The highest BCUT2D eigenvalue weighted by Crippen LogP contribution is 2.47. The third-order valence-electron chi connectivity index (χ3n) is 11.7. The molecule has 284 valence electrons. The van der Waals surface area contributed by atoms with E-state index in [-0.39, 0.29) is 36.6 Å². The standard InChI is InChI=1S/C40H58O11/c1-21(2)35-24(5)14-15-39(51-35)19-29-17-28(50-39)13-12-23(4)36(49-32-18-31(45-8)34(42)26(7)47-32)22(3)10-9-11-27-20-46-37-33(41)25(6)16-30(38(43)48-29)40(27,37)44/h9-12,14-16,21-22,24,26,28-37,41-42,44H,13,17-20H2,1-8H3/b10-9+,23-12+,27-11+/t22-,24-,26-,28+,29-,30-,31-,32-,33+,34-,35+,36-,37+,39-,40+/m0/s1. The van der Waals surface area contributed by atoms with Gasteiger partial charge in [0, 0.05) is 38.2 Å². The van der Waals surface area contributed by atoms with Crippen LogP contribution in [0.4, 0.5) is 0 Å². The number of ether oxygens (including phenoxy) is 7. The highest BCUT2D eigenvalue weighted by Gasteiger charge is 2.60. The molecule has 0 unspecified atom stereocenters. The lowest BCUT2D eigenvalue weighted by molar-refractivity contribution is -0.299. The van der Waals surface area contributed by atoms with E-state index < -0.39 is 72.3 Å². The molecule has 15 atom stereocenters. The Labute approximate surface area is 302 Å². The molecule has 2 bridgehead atoms. The second-order valence-electron chi connectivity index (χ2n) is 15.9. The van der Waals surface area contributed by atoms with Gasteiger partial charge in [0.15, 0.2) is 12.1 Å². The van der Waals surface area contributed by atoms with Gasteiger partial charge in [0.25, 0.3) is 0 Å². The van der Waals surface area contributed by atoms with Crippen molar-refractivity contribution in [3.8, 4) is 0 Å². The van der Waals surface area contributed by atoms with Gasteiger partial charge in [0.1, 0.15) is 35.9 Å². The van der Waals surface area contributed by atoms with Gasteiger partial charge in [0.05, 0.1) is 37.1 Å². The smallest absolute Gasteiger partial charge is 0.316 e. The maximum Gasteiger partial charge on any atom is 0.316 e. The molecule has 0 saturated carbocycles. The fourth-order valence-electron chi connectivity index (χ4n) is 8.75. The summed E-state index contributed by atoms with van der Waals surface area (Å²) in [6.45, 7) is 14.0. The topological polar surface area (TPSA) is 142 Å². The molecule has 3 fully saturated rings. The number of aliphatic hydroxyl groups is 3. The molecule has 1 spiro atoms. The molecule has 0 radical (unpaired) electrons. The van der Waals surface area contributed by atoms with Crippen LogP contribution >= 0.6 is 0 Å². The van der Waals surface area contributed by atoms with Crippen LogP contribution in [0, 0.1) is 23.7 Å². The lowest BCUT2D eigenvalue weighted by Gasteiger charge is -2.48. The quantitative estimate of drug-likeness (QED) is 0.281. The zero-order valence-electron chi connectivity index (χ0n) is 31.3. The number of fused-ring (bicyclic) bond motifs is 2. The number of allylic oxidation sites excluding steroid dienone is 2. The Morgan fingerprint density at radius 1 is 1.00 bits per heavy atom. The predicted molar refractivity (Wildman–Crippen MR) is 188 cm³/mol. The Bertz CT molecular complexity index is 1430. The van der Waals surface area contributed by atoms with Crippen LogP contribution in [-0.2, 0) is 38.0 Å². The van der Waals surface area contributed by atoms with E-state index >= 15 is 0 Å². The Morgan fingerprint density at radius 3 is 2.49 bits per heavy atom. The summed E-state index contributed by atoms with van der Waals surface area (Å²) in [5.74, 6) is -2.50. The maximum atomic E-state index is 14.2. The van der Waals surface area contributed by atoms with Crippen molar-refractivity contribution in [2.75, 3.05) is 13.7 Å². The number of aliphatic hydroxyl groups excluding tert-OH is 2. The first-order valence-corrected chi connectivity index (χ1v) is 18.7. The molecule has 5 heterocycles. The zero-order valence-corrected chi connectivity index (χ0v) is 31.3. The van der Waals surface area contributed by atoms with Crippen LogP contribution < -0.4 is 0 Å². The van der Waals surface area contributed by atoms with Crippen LogP contribution in [0.15, 0.2) is 59.3 Å². The number of methoxy groups -OCH3 is 1. The van der Waals surface area contributed by atoms with Crippen molar-refractivity contribution in [1.29, 1.82) is 0 Å². The average Bonchev–Trinajstić information content (AvgIpc) is 3.42. The largest absolute Gasteiger partial charge is 0.462 e. The fourth-order valence-corrected chi connectivity index (χ4v) is 8.75. The van der Waals surface area contributed by atoms with E-state index in [9.17, 15) is 20.1 Å². The van der Waals surface area contributed by atoms with Crippen LogP contribution in [0.25, 0.3) is 0 Å². The van der Waals surface area contributed by atoms with Gasteiger partial charge in [-0.2, -0.15) is 0 Å². The van der Waals surface area contributed by atoms with Gasteiger partial charge in [-0.3, -0.25) is 4.79 Å². The van der Waals surface area contributed by atoms with E-state index in [1.807, 2.05) is 39.0 Å². The van der Waals surface area contributed by atoms with Crippen molar-refractivity contribution in [3.05, 3.63) is 59.3 Å². The zero-order chi connectivity index (χ0) is 36.8. The summed E-state index contributed by atoms with van der Waals surface area (Å²) in [7, 11) is 1.58. The van der Waals surface area contributed by atoms with Crippen molar-refractivity contribution >= 4 is 5.97 Å². The van der Waals surface area contributed by atoms with Crippen molar-refractivity contribution < 1.29 is 53.3 Å². The number of esters is 1. The molecule has 6 aliphatic rings. The summed E-state index contributed by atoms with van der Waals surface area (Å²) in [6.07, 6.45) is 9.22. The Kier molecular flexibility index (Phi) is 11.5. The van der Waals surface area contributed by atoms with Crippen molar-refractivity contribution in [1.82, 2.24) is 0 Å². The van der Waals surface area contributed by atoms with Crippen LogP contribution in [0.5, 0.6) is 0 Å². The molecule has 11 nitrogen and oxygen atoms in total. The monoisotopic (exact) mass is 714 g/mol. The lowest BCUT2D eigenvalue weighted by atomic mass is 9.71. The number of hydrogen-bond donors (Lipinski definition) is 3. The molecule has 0 aromatic carbocycles. The minimum absolute atomic E-state index is 0.0467. The molecule has 11 heteroatoms. The van der Waals surface area contributed by atoms with Gasteiger partial charge in [-0.15, -0.1) is 0 Å². The lowest BCUT2D eigenvalue weighted by Crippen LogP contribution is -2.58. The molecule has 51 heavy (non-hydrogen) atoms. The second-order valence-corrected chi connectivity index (χ2v) is 15.9. The number of hydrogen-bond acceptors (Lipinski definition) is 11. The number of carbonyl (C=O) groups excluding carboxylic acids is 1. The third-order valence-corrected chi connectivity index (χ3v) is 11.7. The highest BCUT2D eigenvalue weighted by atomic mass is 16.7. The van der Waals surface area contributed by atoms with Crippen molar-refractivity contribution in [2.45, 2.75) is 147 Å². The van der Waals surface area contributed by atoms with Crippen LogP contribution in [-0.4, -0.2) is 108 Å². The minimum Gasteiger partial charge on any atom is -0.462 e. The van der Waals surface area contributed by atoms with Gasteiger partial charge in [-0.05, 0) is 55.9 Å². The van der Waals surface area contributed by atoms with Gasteiger partial charge < -0.3 is 48.5 Å². The Morgan fingerprint density at radius 2 is 1.76 bits per heavy atom. The summed E-state index contributed by atoms with van der Waals surface area (Å²) in [5, 5.41) is 34.0. The molecule has 3 saturated heterocycles. The van der Waals surface area contributed by atoms with E-state index in [1.54, 1.807) is 26.2 Å². The van der Waals surface area contributed by atoms with Gasteiger partial charge >= 0.3 is 5.97 Å². The molecule has 5 aliphatic heterocycles. The Balaban J connectivity index is 1.38. The van der Waals surface area contributed by atoms with E-state index in [0.29, 0.717) is 36.8 Å². The van der Waals surface area contributed by atoms with Crippen molar-refractivity contribution in [2.24, 2.45) is 23.7 Å². The first kappa shape index (κ1) is 38.5. The van der Waals surface area contributed by atoms with E-state index in [0.717, 1.165) is 5.57 Å². The summed E-state index contributed by atoms with van der Waals surface area (Å²) >= 11 is 0. The third kappa shape index (κ3) is 7.61. The molecular formula is C40H58O11. The molecule has 0 aromatic rings. The number of carbonyl (C=O) groups is 1. The molecule has 0 amide bonds. The first-order chi connectivity index (χ1) is 24.2. The number of rotatable bonds is 4. The van der Waals surface area contributed by atoms with E-state index in [4.69, 9.17) is 33.2 Å². The fraction of sp³-hybridized carbons (Fsp3) is 0.725. The van der Waals surface area contributed by atoms with E-state index in [1.165, 1.54) is 0 Å². The molecular weight excluding hydrogens is 656 g/mol. The molecule has 1 aliphatic carbocycles. The minimum atomic E-state index is -1.81. The van der Waals surface area contributed by atoms with Gasteiger partial charge in [-0.25, -0.2) is 0 Å². The highest BCUT2D eigenvalue weighted by molar-refractivity contribution is 5.78. The maximum absolute atomic E-state index is 14.2. The summed E-state index contributed by atoms with van der Waals surface area (Å²) < 4.78 is 44.1. The normalized spacial score (nSPS) is 49.0. The van der Waals surface area contributed by atoms with Crippen LogP contribution in [0.2, 0.25) is 0 Å². The Hall–Kier alpha value is -2.19. The SMILES string of the molecule is CO[C@H]1C[C@H](O[C@@H]2/C(C)=C/C[C@@H]3C[C@@H](C[C@@]4(C=C[C@H](C)[C@@H](C(C)C)O4)O3)OC(=O)[C@@H]3C=C(C)[C@@H](O)[C@H]4OC/C(=C\C=C\[C@@H]2C)[C@]43O)O[C@@H](C)[C@@H]1O. The van der Waals surface area contributed by atoms with Crippen molar-refractivity contribution in [3.63, 3.8) is 0 Å². The summed E-state index contributed by atoms with van der Waals surface area (Å²) in [5.41, 5.74) is 0.180. The average molecular weight is 715 g/mol. The second kappa shape index (κ2) is 15.3. The van der Waals surface area contributed by atoms with Gasteiger partial charge in [-0.1, -0.05) is 64.2 Å². The van der Waals surface area contributed by atoms with E-state index in [2.05, 4.69) is 32.9 Å². The molecule has 3 N–H and O–H groups in total. The van der Waals surface area contributed by atoms with Crippen LogP contribution in [0.1, 0.15) is 74.1 Å². The molecule has 0 aromatic heterocycles. The predicted octanol–water partition coefficient (Wildman–Crippen LogP) is 4.45. The van der Waals surface area contributed by atoms with Gasteiger partial charge in [0.2, 0.25) is 0 Å². The summed E-state index contributed by atoms with van der Waals surface area (Å²) in [6, 6.07) is 0. The summed E-state index contributed by atoms with van der Waals surface area (Å²) in [4.78, 5) is 14.2. The first-order valence-electron chi connectivity index (χ1n) is 18.7.